The maximum Gasteiger partial charge on any atom is 0.136 e. The number of thiazole rings is 1. The summed E-state index contributed by atoms with van der Waals surface area (Å²) in [6, 6.07) is 6.49. The second kappa shape index (κ2) is 3.54. The van der Waals surface area contributed by atoms with E-state index in [0.717, 1.165) is 20.3 Å². The fourth-order valence-electron chi connectivity index (χ4n) is 1.49. The summed E-state index contributed by atoms with van der Waals surface area (Å²) in [5.41, 5.74) is 7.24. The van der Waals surface area contributed by atoms with E-state index in [1.807, 2.05) is 11.4 Å². The van der Waals surface area contributed by atoms with Crippen molar-refractivity contribution in [2.45, 2.75) is 0 Å². The Morgan fingerprint density at radius 3 is 2.88 bits per heavy atom. The number of nitrogens with two attached hydrogens (primary N) is 1. The molecular weight excluding hydrogens is 243 g/mol. The summed E-state index contributed by atoms with van der Waals surface area (Å²) in [6.45, 7) is 0. The average Bonchev–Trinajstić information content (AvgIpc) is 2.82. The van der Waals surface area contributed by atoms with E-state index in [2.05, 4.69) is 4.98 Å². The Labute approximate surface area is 99.2 Å². The molecular formula is C11H7FN2S2. The van der Waals surface area contributed by atoms with Gasteiger partial charge < -0.3 is 5.73 Å². The molecule has 0 fully saturated rings. The molecule has 2 nitrogen and oxygen atoms in total. The molecule has 1 aromatic carbocycles. The first-order chi connectivity index (χ1) is 7.74. The lowest BCUT2D eigenvalue weighted by Gasteiger charge is -1.90. The van der Waals surface area contributed by atoms with Crippen LogP contribution in [0.15, 0.2) is 29.6 Å². The smallest absolute Gasteiger partial charge is 0.136 e. The van der Waals surface area contributed by atoms with Gasteiger partial charge in [-0.25, -0.2) is 9.37 Å². The van der Waals surface area contributed by atoms with Crippen LogP contribution < -0.4 is 5.73 Å². The van der Waals surface area contributed by atoms with Crippen molar-refractivity contribution in [3.63, 3.8) is 0 Å². The first kappa shape index (κ1) is 9.74. The Kier molecular flexibility index (Phi) is 2.15. The standard InChI is InChI=1S/C11H7FN2S2/c12-6-1-2-9-8(5-6)14-11(16-9)10-7(13)3-4-15-10/h1-5H,13H2. The molecule has 2 heterocycles. The molecule has 3 rings (SSSR count). The van der Waals surface area contributed by atoms with Gasteiger partial charge in [0.1, 0.15) is 10.8 Å². The zero-order valence-electron chi connectivity index (χ0n) is 8.11. The highest BCUT2D eigenvalue weighted by Gasteiger charge is 2.10. The molecule has 0 aliphatic carbocycles. The summed E-state index contributed by atoms with van der Waals surface area (Å²) in [6.07, 6.45) is 0. The van der Waals surface area contributed by atoms with Gasteiger partial charge in [0.25, 0.3) is 0 Å². The van der Waals surface area contributed by atoms with Crippen molar-refractivity contribution in [2.75, 3.05) is 5.73 Å². The minimum Gasteiger partial charge on any atom is -0.397 e. The molecule has 3 aromatic rings. The molecule has 5 heteroatoms. The van der Waals surface area contributed by atoms with Gasteiger partial charge in [-0.3, -0.25) is 0 Å². The molecule has 80 valence electrons. The molecule has 0 saturated heterocycles. The summed E-state index contributed by atoms with van der Waals surface area (Å²) >= 11 is 3.08. The SMILES string of the molecule is Nc1ccsc1-c1nc2cc(F)ccc2s1. The number of fused-ring (bicyclic) bond motifs is 1. The third-order valence-electron chi connectivity index (χ3n) is 2.24. The maximum atomic E-state index is 13.0. The normalized spacial score (nSPS) is 11.1. The average molecular weight is 250 g/mol. The molecule has 0 saturated carbocycles. The summed E-state index contributed by atoms with van der Waals surface area (Å²) in [5, 5.41) is 2.78. The Morgan fingerprint density at radius 1 is 1.25 bits per heavy atom. The van der Waals surface area contributed by atoms with Gasteiger partial charge >= 0.3 is 0 Å². The molecule has 0 bridgehead atoms. The number of rotatable bonds is 1. The molecule has 2 N–H and O–H groups in total. The third kappa shape index (κ3) is 1.48. The van der Waals surface area contributed by atoms with Crippen LogP contribution in [0.2, 0.25) is 0 Å². The predicted molar refractivity (Wildman–Crippen MR) is 67.3 cm³/mol. The largest absolute Gasteiger partial charge is 0.397 e. The van der Waals surface area contributed by atoms with Gasteiger partial charge in [0.05, 0.1) is 20.8 Å². The number of thiophene rings is 1. The van der Waals surface area contributed by atoms with E-state index >= 15 is 0 Å². The van der Waals surface area contributed by atoms with Gasteiger partial charge in [0, 0.05) is 6.07 Å². The molecule has 0 atom stereocenters. The first-order valence-corrected chi connectivity index (χ1v) is 6.33. The number of hydrogen-bond donors (Lipinski definition) is 1. The van der Waals surface area contributed by atoms with Crippen LogP contribution in [0.3, 0.4) is 0 Å². The highest BCUT2D eigenvalue weighted by Crippen LogP contribution is 2.36. The van der Waals surface area contributed by atoms with Gasteiger partial charge in [-0.1, -0.05) is 0 Å². The topological polar surface area (TPSA) is 38.9 Å². The molecule has 0 unspecified atom stereocenters. The lowest BCUT2D eigenvalue weighted by molar-refractivity contribution is 0.629. The highest BCUT2D eigenvalue weighted by molar-refractivity contribution is 7.25. The molecule has 0 radical (unpaired) electrons. The van der Waals surface area contributed by atoms with E-state index < -0.39 is 0 Å². The lowest BCUT2D eigenvalue weighted by Crippen LogP contribution is -1.82. The highest BCUT2D eigenvalue weighted by atomic mass is 32.1. The van der Waals surface area contributed by atoms with Crippen molar-refractivity contribution in [1.82, 2.24) is 4.98 Å². The lowest BCUT2D eigenvalue weighted by atomic mass is 10.3. The second-order valence-electron chi connectivity index (χ2n) is 3.34. The maximum absolute atomic E-state index is 13.0. The van der Waals surface area contributed by atoms with E-state index in [1.165, 1.54) is 23.5 Å². The Hall–Kier alpha value is -1.46. The summed E-state index contributed by atoms with van der Waals surface area (Å²) < 4.78 is 14.0. The zero-order valence-corrected chi connectivity index (χ0v) is 9.74. The van der Waals surface area contributed by atoms with E-state index in [4.69, 9.17) is 5.73 Å². The Morgan fingerprint density at radius 2 is 2.12 bits per heavy atom. The Bertz CT molecular complexity index is 657. The molecule has 2 aromatic heterocycles. The molecule has 16 heavy (non-hydrogen) atoms. The van der Waals surface area contributed by atoms with Crippen LogP contribution in [0.1, 0.15) is 0 Å². The van der Waals surface area contributed by atoms with E-state index in [0.29, 0.717) is 5.52 Å². The zero-order chi connectivity index (χ0) is 11.1. The quantitative estimate of drug-likeness (QED) is 0.714. The van der Waals surface area contributed by atoms with Crippen LogP contribution in [0.25, 0.3) is 20.1 Å². The van der Waals surface area contributed by atoms with E-state index in [9.17, 15) is 4.39 Å². The monoisotopic (exact) mass is 250 g/mol. The molecule has 0 amide bonds. The van der Waals surface area contributed by atoms with Gasteiger partial charge in [0.15, 0.2) is 0 Å². The van der Waals surface area contributed by atoms with Gasteiger partial charge in [0.2, 0.25) is 0 Å². The van der Waals surface area contributed by atoms with Gasteiger partial charge in [-0.2, -0.15) is 0 Å². The number of benzene rings is 1. The van der Waals surface area contributed by atoms with Crippen LogP contribution in [0.4, 0.5) is 10.1 Å². The van der Waals surface area contributed by atoms with Crippen molar-refractivity contribution >= 4 is 38.6 Å². The van der Waals surface area contributed by atoms with Crippen molar-refractivity contribution in [3.8, 4) is 9.88 Å². The van der Waals surface area contributed by atoms with Crippen LogP contribution in [0, 0.1) is 5.82 Å². The first-order valence-electron chi connectivity index (χ1n) is 4.63. The number of nitrogen functional groups attached to an aromatic ring is 1. The van der Waals surface area contributed by atoms with Crippen LogP contribution in [0.5, 0.6) is 0 Å². The summed E-state index contributed by atoms with van der Waals surface area (Å²) in [4.78, 5) is 5.35. The van der Waals surface area contributed by atoms with Crippen molar-refractivity contribution in [3.05, 3.63) is 35.5 Å². The molecule has 0 spiro atoms. The minimum atomic E-state index is -0.261. The van der Waals surface area contributed by atoms with Crippen molar-refractivity contribution in [1.29, 1.82) is 0 Å². The van der Waals surface area contributed by atoms with E-state index in [1.54, 1.807) is 17.4 Å². The number of aromatic nitrogens is 1. The number of halogens is 1. The number of nitrogens with zero attached hydrogens (tertiary/aromatic N) is 1. The van der Waals surface area contributed by atoms with E-state index in [-0.39, 0.29) is 5.82 Å². The van der Waals surface area contributed by atoms with Crippen LogP contribution in [-0.4, -0.2) is 4.98 Å². The fourth-order valence-corrected chi connectivity index (χ4v) is 3.37. The Balaban J connectivity index is 2.23. The van der Waals surface area contributed by atoms with Crippen LogP contribution in [-0.2, 0) is 0 Å². The van der Waals surface area contributed by atoms with Gasteiger partial charge in [-0.05, 0) is 23.6 Å². The van der Waals surface area contributed by atoms with Crippen molar-refractivity contribution in [2.24, 2.45) is 0 Å². The minimum absolute atomic E-state index is 0.261. The summed E-state index contributed by atoms with van der Waals surface area (Å²) in [7, 11) is 0. The van der Waals surface area contributed by atoms with Crippen LogP contribution >= 0.6 is 22.7 Å². The fraction of sp³-hybridized carbons (Fsp3) is 0. The predicted octanol–water partition coefficient (Wildman–Crippen LogP) is 3.75. The molecule has 0 aliphatic heterocycles. The third-order valence-corrected chi connectivity index (χ3v) is 4.36. The van der Waals surface area contributed by atoms with Crippen molar-refractivity contribution < 1.29 is 4.39 Å². The summed E-state index contributed by atoms with van der Waals surface area (Å²) in [5.74, 6) is -0.261. The second-order valence-corrected chi connectivity index (χ2v) is 5.28. The number of anilines is 1. The molecule has 0 aliphatic rings. The number of hydrogen-bond acceptors (Lipinski definition) is 4. The van der Waals surface area contributed by atoms with Gasteiger partial charge in [-0.15, -0.1) is 22.7 Å².